The summed E-state index contributed by atoms with van der Waals surface area (Å²) in [5.41, 5.74) is 0.143. The van der Waals surface area contributed by atoms with E-state index in [1.807, 2.05) is 30.3 Å². The summed E-state index contributed by atoms with van der Waals surface area (Å²) in [4.78, 5) is 48.3. The van der Waals surface area contributed by atoms with Crippen LogP contribution in [0, 0.1) is 0 Å². The quantitative estimate of drug-likeness (QED) is 0.390. The van der Waals surface area contributed by atoms with Crippen molar-refractivity contribution in [3.05, 3.63) is 35.9 Å². The zero-order valence-corrected chi connectivity index (χ0v) is 19.6. The summed E-state index contributed by atoms with van der Waals surface area (Å²) < 4.78 is 25.6. The maximum Gasteiger partial charge on any atom is 0.347 e. The lowest BCUT2D eigenvalue weighted by atomic mass is 10.2. The topological polar surface area (TPSA) is 114 Å². The van der Waals surface area contributed by atoms with Gasteiger partial charge in [-0.05, 0) is 54.0 Å². The number of esters is 4. The maximum absolute atomic E-state index is 12.2. The van der Waals surface area contributed by atoms with Crippen molar-refractivity contribution in [1.29, 1.82) is 0 Å². The van der Waals surface area contributed by atoms with Gasteiger partial charge in [0, 0.05) is 0 Å². The Morgan fingerprint density at radius 1 is 0.688 bits per heavy atom. The summed E-state index contributed by atoms with van der Waals surface area (Å²) in [7, 11) is 0. The van der Waals surface area contributed by atoms with Crippen molar-refractivity contribution in [2.24, 2.45) is 0 Å². The second-order valence-corrected chi connectivity index (χ2v) is 8.21. The molecule has 0 saturated heterocycles. The van der Waals surface area contributed by atoms with E-state index in [0.29, 0.717) is 0 Å². The SMILES string of the molecule is C[C@H](OCc1ccccc1)C(=O)O[C@H](C)C(=O)O[C@@H](C)C(=O)O[C@H](C)C(=O)OC(C)(C)C. The predicted molar refractivity (Wildman–Crippen MR) is 113 cm³/mol. The molecule has 0 saturated carbocycles. The van der Waals surface area contributed by atoms with E-state index in [2.05, 4.69) is 0 Å². The Kier molecular flexibility index (Phi) is 10.3. The second-order valence-electron chi connectivity index (χ2n) is 8.21. The van der Waals surface area contributed by atoms with Crippen molar-refractivity contribution in [2.45, 2.75) is 85.1 Å². The van der Waals surface area contributed by atoms with Crippen LogP contribution in [0.5, 0.6) is 0 Å². The Hall–Kier alpha value is -2.94. The van der Waals surface area contributed by atoms with Crippen LogP contribution in [-0.2, 0) is 49.5 Å². The second kappa shape index (κ2) is 12.2. The molecule has 1 rings (SSSR count). The first-order valence-corrected chi connectivity index (χ1v) is 10.3. The smallest absolute Gasteiger partial charge is 0.347 e. The minimum absolute atomic E-state index is 0.203. The lowest BCUT2D eigenvalue weighted by Gasteiger charge is -2.23. The van der Waals surface area contributed by atoms with E-state index in [4.69, 9.17) is 23.7 Å². The lowest BCUT2D eigenvalue weighted by molar-refractivity contribution is -0.186. The first-order chi connectivity index (χ1) is 14.8. The zero-order valence-electron chi connectivity index (χ0n) is 19.6. The van der Waals surface area contributed by atoms with Crippen LogP contribution >= 0.6 is 0 Å². The molecule has 0 heterocycles. The fourth-order valence-electron chi connectivity index (χ4n) is 2.20. The van der Waals surface area contributed by atoms with Crippen LogP contribution in [-0.4, -0.2) is 53.9 Å². The fourth-order valence-corrected chi connectivity index (χ4v) is 2.20. The molecule has 0 aliphatic heterocycles. The Bertz CT molecular complexity index is 782. The lowest BCUT2D eigenvalue weighted by Crippen LogP contribution is -2.38. The third kappa shape index (κ3) is 9.91. The number of hydrogen-bond acceptors (Lipinski definition) is 9. The number of benzene rings is 1. The van der Waals surface area contributed by atoms with Crippen molar-refractivity contribution in [3.8, 4) is 0 Å². The maximum atomic E-state index is 12.2. The van der Waals surface area contributed by atoms with Gasteiger partial charge in [-0.15, -0.1) is 0 Å². The number of carbonyl (C=O) groups is 4. The average Bonchev–Trinajstić information content (AvgIpc) is 2.71. The minimum Gasteiger partial charge on any atom is -0.457 e. The van der Waals surface area contributed by atoms with Gasteiger partial charge < -0.3 is 23.7 Å². The fraction of sp³-hybridized carbons (Fsp3) is 0.565. The van der Waals surface area contributed by atoms with Crippen LogP contribution in [0.3, 0.4) is 0 Å². The molecule has 32 heavy (non-hydrogen) atoms. The third-order valence-corrected chi connectivity index (χ3v) is 3.96. The van der Waals surface area contributed by atoms with Crippen LogP contribution < -0.4 is 0 Å². The van der Waals surface area contributed by atoms with E-state index in [1.54, 1.807) is 20.8 Å². The van der Waals surface area contributed by atoms with Gasteiger partial charge in [-0.3, -0.25) is 0 Å². The summed E-state index contributed by atoms with van der Waals surface area (Å²) in [5, 5.41) is 0. The molecule has 9 nitrogen and oxygen atoms in total. The molecule has 0 radical (unpaired) electrons. The summed E-state index contributed by atoms with van der Waals surface area (Å²) in [6.07, 6.45) is -4.69. The molecule has 0 amide bonds. The number of hydrogen-bond donors (Lipinski definition) is 0. The van der Waals surface area contributed by atoms with Crippen molar-refractivity contribution in [1.82, 2.24) is 0 Å². The van der Waals surface area contributed by atoms with Crippen LogP contribution in [0.4, 0.5) is 0 Å². The van der Waals surface area contributed by atoms with Crippen LogP contribution in [0.25, 0.3) is 0 Å². The Labute approximate surface area is 188 Å². The summed E-state index contributed by atoms with van der Waals surface area (Å²) >= 11 is 0. The molecular formula is C23H32O9. The van der Waals surface area contributed by atoms with E-state index in [0.717, 1.165) is 5.56 Å². The zero-order chi connectivity index (χ0) is 24.5. The van der Waals surface area contributed by atoms with Gasteiger partial charge in [0.15, 0.2) is 24.4 Å². The molecule has 1 aromatic carbocycles. The van der Waals surface area contributed by atoms with E-state index >= 15 is 0 Å². The first-order valence-electron chi connectivity index (χ1n) is 10.3. The molecule has 0 bridgehead atoms. The third-order valence-electron chi connectivity index (χ3n) is 3.96. The molecule has 0 spiro atoms. The van der Waals surface area contributed by atoms with E-state index in [-0.39, 0.29) is 6.61 Å². The molecule has 0 N–H and O–H groups in total. The molecule has 0 fully saturated rings. The molecular weight excluding hydrogens is 420 g/mol. The first kappa shape index (κ1) is 27.1. The molecule has 4 atom stereocenters. The average molecular weight is 453 g/mol. The Morgan fingerprint density at radius 3 is 1.53 bits per heavy atom. The largest absolute Gasteiger partial charge is 0.457 e. The highest BCUT2D eigenvalue weighted by molar-refractivity contribution is 5.85. The highest BCUT2D eigenvalue weighted by Gasteiger charge is 2.30. The summed E-state index contributed by atoms with van der Waals surface area (Å²) in [6.45, 7) is 10.7. The van der Waals surface area contributed by atoms with Gasteiger partial charge in [-0.2, -0.15) is 0 Å². The van der Waals surface area contributed by atoms with Gasteiger partial charge >= 0.3 is 23.9 Å². The molecule has 9 heteroatoms. The van der Waals surface area contributed by atoms with E-state index in [9.17, 15) is 19.2 Å². The standard InChI is InChI=1S/C23H32O9/c1-14(28-13-18-11-9-8-10-12-18)19(24)29-15(2)20(25)30-16(3)21(26)31-17(4)22(27)32-23(5,6)7/h8-12,14-17H,13H2,1-7H3/t14-,15+,16-,17+/m0/s1. The summed E-state index contributed by atoms with van der Waals surface area (Å²) in [6, 6.07) is 9.26. The van der Waals surface area contributed by atoms with E-state index < -0.39 is 53.9 Å². The van der Waals surface area contributed by atoms with E-state index in [1.165, 1.54) is 27.7 Å². The van der Waals surface area contributed by atoms with Gasteiger partial charge in [-0.1, -0.05) is 30.3 Å². The van der Waals surface area contributed by atoms with Crippen molar-refractivity contribution in [3.63, 3.8) is 0 Å². The normalized spacial score (nSPS) is 15.0. The van der Waals surface area contributed by atoms with Gasteiger partial charge in [-0.25, -0.2) is 19.2 Å². The molecule has 0 aliphatic rings. The van der Waals surface area contributed by atoms with Crippen molar-refractivity contribution >= 4 is 23.9 Å². The minimum atomic E-state index is -1.32. The predicted octanol–water partition coefficient (Wildman–Crippen LogP) is 2.73. The molecule has 1 aromatic rings. The van der Waals surface area contributed by atoms with Crippen molar-refractivity contribution < 1.29 is 42.9 Å². The summed E-state index contributed by atoms with van der Waals surface area (Å²) in [5.74, 6) is -3.35. The molecule has 0 aromatic heterocycles. The number of carbonyl (C=O) groups excluding carboxylic acids is 4. The number of rotatable bonds is 10. The Balaban J connectivity index is 2.46. The molecule has 178 valence electrons. The van der Waals surface area contributed by atoms with Crippen LogP contribution in [0.15, 0.2) is 30.3 Å². The molecule has 0 unspecified atom stereocenters. The Morgan fingerprint density at radius 2 is 1.09 bits per heavy atom. The highest BCUT2D eigenvalue weighted by Crippen LogP contribution is 2.11. The monoisotopic (exact) mass is 452 g/mol. The van der Waals surface area contributed by atoms with Crippen molar-refractivity contribution in [2.75, 3.05) is 0 Å². The molecule has 0 aliphatic carbocycles. The van der Waals surface area contributed by atoms with Gasteiger partial charge in [0.25, 0.3) is 0 Å². The van der Waals surface area contributed by atoms with Gasteiger partial charge in [0.05, 0.1) is 6.61 Å². The van der Waals surface area contributed by atoms with Crippen LogP contribution in [0.1, 0.15) is 54.0 Å². The van der Waals surface area contributed by atoms with Gasteiger partial charge in [0.2, 0.25) is 0 Å². The van der Waals surface area contributed by atoms with Gasteiger partial charge in [0.1, 0.15) is 5.60 Å². The number of ether oxygens (including phenoxy) is 5. The van der Waals surface area contributed by atoms with Crippen LogP contribution in [0.2, 0.25) is 0 Å². The highest BCUT2D eigenvalue weighted by atomic mass is 16.6.